The van der Waals surface area contributed by atoms with Gasteiger partial charge in [-0.2, -0.15) is 0 Å². The van der Waals surface area contributed by atoms with Crippen LogP contribution in [-0.2, 0) is 16.1 Å². The van der Waals surface area contributed by atoms with Crippen molar-refractivity contribution in [3.63, 3.8) is 0 Å². The number of piperazine rings is 1. The number of rotatable bonds is 7. The number of ether oxygens (including phenoxy) is 1. The Balaban J connectivity index is 1.30. The fourth-order valence-corrected chi connectivity index (χ4v) is 4.81. The molecule has 0 unspecified atom stereocenters. The number of nitrogens with zero attached hydrogens (tertiary/aromatic N) is 4. The van der Waals surface area contributed by atoms with E-state index in [0.29, 0.717) is 36.8 Å². The van der Waals surface area contributed by atoms with Crippen molar-refractivity contribution in [2.45, 2.75) is 26.4 Å². The maximum Gasteiger partial charge on any atom is 0.328 e. The van der Waals surface area contributed by atoms with Crippen LogP contribution in [0, 0.1) is 5.92 Å². The van der Waals surface area contributed by atoms with Crippen molar-refractivity contribution in [1.29, 1.82) is 0 Å². The van der Waals surface area contributed by atoms with Crippen LogP contribution < -0.4 is 5.32 Å². The Kier molecular flexibility index (Phi) is 7.05. The number of benzene rings is 2. The summed E-state index contributed by atoms with van der Waals surface area (Å²) < 4.78 is 5.00. The van der Waals surface area contributed by atoms with Crippen LogP contribution >= 0.6 is 0 Å². The first-order chi connectivity index (χ1) is 17.9. The van der Waals surface area contributed by atoms with E-state index >= 15 is 0 Å². The Labute approximate surface area is 215 Å². The highest BCUT2D eigenvalue weighted by Crippen LogP contribution is 2.24. The zero-order valence-electron chi connectivity index (χ0n) is 21.4. The Morgan fingerprint density at radius 2 is 1.70 bits per heavy atom. The van der Waals surface area contributed by atoms with Crippen molar-refractivity contribution in [2.75, 3.05) is 38.6 Å². The first kappa shape index (κ1) is 24.7. The maximum absolute atomic E-state index is 13.2. The third-order valence-corrected chi connectivity index (χ3v) is 6.91. The summed E-state index contributed by atoms with van der Waals surface area (Å²) in [5, 5.41) is 5.11. The molecule has 1 atom stereocenters. The van der Waals surface area contributed by atoms with E-state index in [9.17, 15) is 9.59 Å². The van der Waals surface area contributed by atoms with Gasteiger partial charge in [-0.05, 0) is 24.1 Å². The normalized spacial score (nSPS) is 15.3. The molecule has 2 N–H and O–H groups in total. The van der Waals surface area contributed by atoms with E-state index in [1.165, 1.54) is 7.11 Å². The molecule has 0 aliphatic carbocycles. The highest BCUT2D eigenvalue weighted by atomic mass is 16.5. The molecule has 1 aliphatic rings. The van der Waals surface area contributed by atoms with Gasteiger partial charge >= 0.3 is 5.97 Å². The van der Waals surface area contributed by atoms with Crippen molar-refractivity contribution < 1.29 is 14.3 Å². The molecule has 2 aromatic heterocycles. The molecule has 1 amide bonds. The Hall–Kier alpha value is -3.98. The van der Waals surface area contributed by atoms with Crippen LogP contribution in [0.3, 0.4) is 0 Å². The Morgan fingerprint density at radius 1 is 1.00 bits per heavy atom. The van der Waals surface area contributed by atoms with Gasteiger partial charge in [0.2, 0.25) is 0 Å². The van der Waals surface area contributed by atoms with Gasteiger partial charge in [-0.25, -0.2) is 14.8 Å². The number of amides is 1. The number of anilines is 1. The van der Waals surface area contributed by atoms with E-state index < -0.39 is 6.04 Å². The number of hydrogen-bond acceptors (Lipinski definition) is 7. The minimum Gasteiger partial charge on any atom is -0.467 e. The second-order valence-corrected chi connectivity index (χ2v) is 9.71. The molecule has 0 radical (unpaired) electrons. The number of fused-ring (bicyclic) bond motifs is 2. The Morgan fingerprint density at radius 3 is 2.43 bits per heavy atom. The number of aromatic nitrogens is 3. The molecular formula is C28H32N6O3. The summed E-state index contributed by atoms with van der Waals surface area (Å²) in [5.41, 5.74) is 2.49. The van der Waals surface area contributed by atoms with Crippen LogP contribution in [0.5, 0.6) is 0 Å². The summed E-state index contributed by atoms with van der Waals surface area (Å²) in [5.74, 6) is 1.04. The van der Waals surface area contributed by atoms with E-state index in [-0.39, 0.29) is 17.8 Å². The molecule has 4 aromatic rings. The summed E-state index contributed by atoms with van der Waals surface area (Å²) >= 11 is 0. The third-order valence-electron chi connectivity index (χ3n) is 6.91. The van der Waals surface area contributed by atoms with E-state index in [1.54, 1.807) is 6.20 Å². The molecule has 9 heteroatoms. The fourth-order valence-electron chi connectivity index (χ4n) is 4.81. The second-order valence-electron chi connectivity index (χ2n) is 9.71. The molecule has 0 spiro atoms. The van der Waals surface area contributed by atoms with Gasteiger partial charge in [0.15, 0.2) is 0 Å². The third kappa shape index (κ3) is 5.13. The standard InChI is InChI=1S/C28H32N6O3/c1-18(2)25(28(36)37-3)32-26-20-9-5-7-11-23(20)30-24(31-26)17-33-12-14-34(15-13-33)27(35)21-16-29-22-10-6-4-8-19(21)22/h4-11,16,18,25,29H,12-15,17H2,1-3H3,(H,30,31,32)/t25-/m0/s1. The van der Waals surface area contributed by atoms with Crippen LogP contribution in [0.4, 0.5) is 5.82 Å². The van der Waals surface area contributed by atoms with Gasteiger partial charge in [0.1, 0.15) is 17.7 Å². The molecule has 1 fully saturated rings. The van der Waals surface area contributed by atoms with Crippen molar-refractivity contribution in [2.24, 2.45) is 5.92 Å². The molecule has 2 aromatic carbocycles. The summed E-state index contributed by atoms with van der Waals surface area (Å²) in [6, 6.07) is 15.1. The van der Waals surface area contributed by atoms with Gasteiger partial charge in [-0.3, -0.25) is 9.69 Å². The summed E-state index contributed by atoms with van der Waals surface area (Å²) in [6.07, 6.45) is 1.80. The van der Waals surface area contributed by atoms with E-state index in [4.69, 9.17) is 14.7 Å². The summed E-state index contributed by atoms with van der Waals surface area (Å²) in [6.45, 7) is 7.21. The van der Waals surface area contributed by atoms with Crippen molar-refractivity contribution in [3.05, 3.63) is 66.1 Å². The summed E-state index contributed by atoms with van der Waals surface area (Å²) in [7, 11) is 1.39. The number of methoxy groups -OCH3 is 1. The number of esters is 1. The Bertz CT molecular complexity index is 1420. The molecule has 192 valence electrons. The second kappa shape index (κ2) is 10.6. The van der Waals surface area contributed by atoms with Gasteiger partial charge in [-0.1, -0.05) is 44.2 Å². The molecular weight excluding hydrogens is 468 g/mol. The minimum absolute atomic E-state index is 0.0207. The average Bonchev–Trinajstić information content (AvgIpc) is 3.35. The SMILES string of the molecule is COC(=O)[C@@H](Nc1nc(CN2CCN(C(=O)c3c[nH]c4ccccc34)CC2)nc2ccccc12)C(C)C. The topological polar surface area (TPSA) is 103 Å². The highest BCUT2D eigenvalue weighted by molar-refractivity contribution is 6.06. The van der Waals surface area contributed by atoms with Crippen LogP contribution in [0.15, 0.2) is 54.7 Å². The lowest BCUT2D eigenvalue weighted by Gasteiger charge is -2.34. The molecule has 1 aliphatic heterocycles. The summed E-state index contributed by atoms with van der Waals surface area (Å²) in [4.78, 5) is 42.5. The van der Waals surface area contributed by atoms with Crippen LogP contribution in [0.1, 0.15) is 30.0 Å². The zero-order chi connectivity index (χ0) is 25.9. The predicted molar refractivity (Wildman–Crippen MR) is 143 cm³/mol. The van der Waals surface area contributed by atoms with Crippen molar-refractivity contribution in [1.82, 2.24) is 24.8 Å². The van der Waals surface area contributed by atoms with E-state index in [1.807, 2.05) is 67.3 Å². The van der Waals surface area contributed by atoms with Crippen LogP contribution in [-0.4, -0.2) is 76.0 Å². The molecule has 5 rings (SSSR count). The fraction of sp³-hybridized carbons (Fsp3) is 0.357. The van der Waals surface area contributed by atoms with Crippen molar-refractivity contribution in [3.8, 4) is 0 Å². The van der Waals surface area contributed by atoms with Gasteiger partial charge in [-0.15, -0.1) is 0 Å². The van der Waals surface area contributed by atoms with Crippen LogP contribution in [0.2, 0.25) is 0 Å². The van der Waals surface area contributed by atoms with Gasteiger partial charge in [0, 0.05) is 48.7 Å². The number of H-pyrrole nitrogens is 1. The zero-order valence-corrected chi connectivity index (χ0v) is 21.4. The van der Waals surface area contributed by atoms with Crippen molar-refractivity contribution >= 4 is 39.5 Å². The number of aromatic amines is 1. The molecule has 37 heavy (non-hydrogen) atoms. The predicted octanol–water partition coefficient (Wildman–Crippen LogP) is 3.68. The van der Waals surface area contributed by atoms with Gasteiger partial charge < -0.3 is 19.9 Å². The van der Waals surface area contributed by atoms with E-state index in [2.05, 4.69) is 15.2 Å². The molecule has 3 heterocycles. The number of para-hydroxylation sites is 2. The number of hydrogen-bond donors (Lipinski definition) is 2. The van der Waals surface area contributed by atoms with Gasteiger partial charge in [0.05, 0.1) is 24.7 Å². The van der Waals surface area contributed by atoms with Gasteiger partial charge in [0.25, 0.3) is 5.91 Å². The first-order valence-corrected chi connectivity index (χ1v) is 12.6. The number of carbonyl (C=O) groups is 2. The van der Waals surface area contributed by atoms with Crippen LogP contribution in [0.25, 0.3) is 21.8 Å². The number of nitrogens with one attached hydrogen (secondary N) is 2. The maximum atomic E-state index is 13.2. The number of carbonyl (C=O) groups excluding carboxylic acids is 2. The lowest BCUT2D eigenvalue weighted by molar-refractivity contribution is -0.142. The minimum atomic E-state index is -0.518. The largest absolute Gasteiger partial charge is 0.467 e. The van der Waals surface area contributed by atoms with E-state index in [0.717, 1.165) is 34.9 Å². The quantitative estimate of drug-likeness (QED) is 0.373. The molecule has 0 bridgehead atoms. The average molecular weight is 501 g/mol. The first-order valence-electron chi connectivity index (χ1n) is 12.6. The monoisotopic (exact) mass is 500 g/mol. The lowest BCUT2D eigenvalue weighted by Crippen LogP contribution is -2.48. The molecule has 9 nitrogen and oxygen atoms in total. The smallest absolute Gasteiger partial charge is 0.328 e. The highest BCUT2D eigenvalue weighted by Gasteiger charge is 2.26. The lowest BCUT2D eigenvalue weighted by atomic mass is 10.0. The molecule has 1 saturated heterocycles. The molecule has 0 saturated carbocycles.